The van der Waals surface area contributed by atoms with Crippen LogP contribution in [0.1, 0.15) is 18.4 Å². The number of piperazine rings is 1. The number of rotatable bonds is 8. The van der Waals surface area contributed by atoms with Crippen molar-refractivity contribution in [1.82, 2.24) is 4.90 Å². The summed E-state index contributed by atoms with van der Waals surface area (Å²) >= 11 is 0. The van der Waals surface area contributed by atoms with Crippen molar-refractivity contribution in [1.29, 1.82) is 5.26 Å². The van der Waals surface area contributed by atoms with Gasteiger partial charge in [-0.05, 0) is 49.7 Å². The number of carbonyl (C=O) groups excluding carboxylic acids is 1. The second-order valence-corrected chi connectivity index (χ2v) is 8.15. The van der Waals surface area contributed by atoms with Crippen LogP contribution in [0.5, 0.6) is 5.75 Å². The number of urea groups is 1. The van der Waals surface area contributed by atoms with Crippen LogP contribution in [0.4, 0.5) is 16.4 Å². The molecule has 0 saturated carbocycles. The first-order valence-electron chi connectivity index (χ1n) is 11.2. The average molecular weight is 448 g/mol. The normalized spacial score (nSPS) is 14.2. The Balaban J connectivity index is 1.27. The van der Waals surface area contributed by atoms with Gasteiger partial charge in [0.15, 0.2) is 0 Å². The van der Waals surface area contributed by atoms with E-state index in [0.29, 0.717) is 23.6 Å². The second-order valence-electron chi connectivity index (χ2n) is 8.15. The topological polar surface area (TPSA) is 99.0 Å². The maximum atomic E-state index is 12.0. The molecule has 8 heteroatoms. The smallest absolute Gasteiger partial charge is 0.321 e. The fourth-order valence-electron chi connectivity index (χ4n) is 4.27. The molecule has 3 aromatic rings. The molecule has 4 rings (SSSR count). The summed E-state index contributed by atoms with van der Waals surface area (Å²) in [5.41, 5.74) is 7.93. The predicted molar refractivity (Wildman–Crippen MR) is 129 cm³/mol. The van der Waals surface area contributed by atoms with E-state index < -0.39 is 6.03 Å². The number of methoxy groups -OCH3 is 1. The van der Waals surface area contributed by atoms with Gasteiger partial charge in [-0.2, -0.15) is 5.26 Å². The molecule has 0 bridgehead atoms. The van der Waals surface area contributed by atoms with Crippen LogP contribution in [0.15, 0.2) is 52.9 Å². The first kappa shape index (κ1) is 22.5. The Kier molecular flexibility index (Phi) is 7.01. The molecule has 8 nitrogen and oxygen atoms in total. The minimum atomic E-state index is -0.542. The van der Waals surface area contributed by atoms with Crippen molar-refractivity contribution >= 4 is 28.6 Å². The number of nitriles is 1. The number of fused-ring (bicyclic) bond motifs is 1. The van der Waals surface area contributed by atoms with E-state index in [1.165, 1.54) is 4.90 Å². The lowest BCUT2D eigenvalue weighted by molar-refractivity contribution is 0.248. The van der Waals surface area contributed by atoms with Gasteiger partial charge in [-0.25, -0.2) is 4.79 Å². The number of hydrogen-bond acceptors (Lipinski definition) is 6. The molecule has 1 saturated heterocycles. The van der Waals surface area contributed by atoms with Crippen molar-refractivity contribution in [2.24, 2.45) is 5.73 Å². The van der Waals surface area contributed by atoms with E-state index in [4.69, 9.17) is 20.1 Å². The molecule has 0 radical (unpaired) electrons. The summed E-state index contributed by atoms with van der Waals surface area (Å²) in [6.07, 6.45) is 1.77. The lowest BCUT2D eigenvalue weighted by atomic mass is 10.2. The van der Waals surface area contributed by atoms with E-state index in [1.807, 2.05) is 18.2 Å². The monoisotopic (exact) mass is 447 g/mol. The summed E-state index contributed by atoms with van der Waals surface area (Å²) in [6, 6.07) is 16.6. The molecular formula is C25H29N5O3. The average Bonchev–Trinajstić information content (AvgIpc) is 3.26. The lowest BCUT2D eigenvalue weighted by Crippen LogP contribution is -2.46. The van der Waals surface area contributed by atoms with Gasteiger partial charge < -0.3 is 19.8 Å². The van der Waals surface area contributed by atoms with Gasteiger partial charge in [0.25, 0.3) is 0 Å². The van der Waals surface area contributed by atoms with Gasteiger partial charge in [0, 0.05) is 44.2 Å². The fourth-order valence-corrected chi connectivity index (χ4v) is 4.27. The molecule has 1 fully saturated rings. The lowest BCUT2D eigenvalue weighted by Gasteiger charge is -2.36. The van der Waals surface area contributed by atoms with E-state index in [-0.39, 0.29) is 0 Å². The molecule has 2 heterocycles. The third-order valence-corrected chi connectivity index (χ3v) is 6.07. The summed E-state index contributed by atoms with van der Waals surface area (Å²) in [4.78, 5) is 18.3. The Morgan fingerprint density at radius 1 is 1.15 bits per heavy atom. The van der Waals surface area contributed by atoms with Crippen LogP contribution in [-0.2, 0) is 0 Å². The highest BCUT2D eigenvalue weighted by atomic mass is 16.5. The molecule has 0 spiro atoms. The minimum Gasteiger partial charge on any atom is -0.495 e. The van der Waals surface area contributed by atoms with E-state index in [9.17, 15) is 4.79 Å². The van der Waals surface area contributed by atoms with Gasteiger partial charge in [-0.3, -0.25) is 9.80 Å². The van der Waals surface area contributed by atoms with Crippen molar-refractivity contribution < 1.29 is 13.9 Å². The number of nitrogens with two attached hydrogens (primary N) is 1. The molecule has 1 aliphatic heterocycles. The number of primary amides is 1. The fraction of sp³-hybridized carbons (Fsp3) is 0.360. The number of hydrogen-bond donors (Lipinski definition) is 1. The zero-order chi connectivity index (χ0) is 23.2. The Hall–Kier alpha value is -3.70. The maximum Gasteiger partial charge on any atom is 0.321 e. The zero-order valence-corrected chi connectivity index (χ0v) is 18.9. The van der Waals surface area contributed by atoms with Gasteiger partial charge in [0.2, 0.25) is 5.88 Å². The van der Waals surface area contributed by atoms with E-state index in [2.05, 4.69) is 21.9 Å². The van der Waals surface area contributed by atoms with Crippen LogP contribution in [-0.4, -0.2) is 57.3 Å². The number of para-hydroxylation sites is 2. The summed E-state index contributed by atoms with van der Waals surface area (Å²) in [5, 5.41) is 9.85. The van der Waals surface area contributed by atoms with Gasteiger partial charge in [0.1, 0.15) is 11.3 Å². The van der Waals surface area contributed by atoms with Crippen molar-refractivity contribution in [2.45, 2.75) is 12.8 Å². The first-order valence-corrected chi connectivity index (χ1v) is 11.2. The van der Waals surface area contributed by atoms with Gasteiger partial charge in [-0.1, -0.05) is 12.1 Å². The van der Waals surface area contributed by atoms with E-state index >= 15 is 0 Å². The van der Waals surface area contributed by atoms with Gasteiger partial charge >= 0.3 is 6.03 Å². The summed E-state index contributed by atoms with van der Waals surface area (Å²) in [6.45, 7) is 5.35. The highest BCUT2D eigenvalue weighted by molar-refractivity contribution is 5.92. The number of carbonyl (C=O) groups is 1. The van der Waals surface area contributed by atoms with Crippen molar-refractivity contribution in [2.75, 3.05) is 56.2 Å². The van der Waals surface area contributed by atoms with Crippen LogP contribution in [0, 0.1) is 11.3 Å². The quantitative estimate of drug-likeness (QED) is 0.528. The van der Waals surface area contributed by atoms with Crippen molar-refractivity contribution in [3.8, 4) is 11.8 Å². The number of ether oxygens (including phenoxy) is 1. The Morgan fingerprint density at radius 3 is 2.67 bits per heavy atom. The standard InChI is InChI=1S/C25H29N5O3/c1-32-23-7-3-2-6-21(23)29-14-12-28(13-15-29)10-4-5-11-30(25(27)31)24-17-20-16-19(18-26)8-9-22(20)33-24/h2-3,6-9,16-17H,4-5,10-15H2,1H3,(H2,27,31). The Labute approximate surface area is 193 Å². The molecule has 33 heavy (non-hydrogen) atoms. The SMILES string of the molecule is COc1ccccc1N1CCN(CCCCN(C(N)=O)c2cc3cc(C#N)ccc3o2)CC1. The molecule has 2 N–H and O–H groups in total. The van der Waals surface area contributed by atoms with Crippen LogP contribution in [0.2, 0.25) is 0 Å². The van der Waals surface area contributed by atoms with Gasteiger partial charge in [-0.15, -0.1) is 0 Å². The highest BCUT2D eigenvalue weighted by Crippen LogP contribution is 2.29. The second kappa shape index (κ2) is 10.3. The molecule has 0 aliphatic carbocycles. The third-order valence-electron chi connectivity index (χ3n) is 6.07. The number of furan rings is 1. The molecule has 0 unspecified atom stereocenters. The number of amides is 2. The Bertz CT molecular complexity index is 1140. The predicted octanol–water partition coefficient (Wildman–Crippen LogP) is 3.80. The molecule has 172 valence electrons. The molecule has 1 aromatic heterocycles. The molecule has 2 amide bonds. The zero-order valence-electron chi connectivity index (χ0n) is 18.9. The van der Waals surface area contributed by atoms with Gasteiger partial charge in [0.05, 0.1) is 24.4 Å². The Morgan fingerprint density at radius 2 is 1.94 bits per heavy atom. The number of benzene rings is 2. The largest absolute Gasteiger partial charge is 0.495 e. The van der Waals surface area contributed by atoms with Crippen molar-refractivity contribution in [3.63, 3.8) is 0 Å². The summed E-state index contributed by atoms with van der Waals surface area (Å²) in [7, 11) is 1.71. The van der Waals surface area contributed by atoms with Crippen LogP contribution in [0.25, 0.3) is 11.0 Å². The molecule has 1 aliphatic rings. The van der Waals surface area contributed by atoms with Crippen molar-refractivity contribution in [3.05, 3.63) is 54.1 Å². The molecular weight excluding hydrogens is 418 g/mol. The maximum absolute atomic E-state index is 12.0. The van der Waals surface area contributed by atoms with E-state index in [0.717, 1.165) is 62.4 Å². The summed E-state index contributed by atoms with van der Waals surface area (Å²) in [5.74, 6) is 1.32. The number of nitrogens with zero attached hydrogens (tertiary/aromatic N) is 4. The molecule has 2 aromatic carbocycles. The first-order chi connectivity index (χ1) is 16.1. The highest BCUT2D eigenvalue weighted by Gasteiger charge is 2.20. The number of anilines is 2. The van der Waals surface area contributed by atoms with E-state index in [1.54, 1.807) is 31.4 Å². The number of unbranched alkanes of at least 4 members (excludes halogenated alkanes) is 1. The summed E-state index contributed by atoms with van der Waals surface area (Å²) < 4.78 is 11.3. The van der Waals surface area contributed by atoms with Crippen LogP contribution < -0.4 is 20.3 Å². The third kappa shape index (κ3) is 5.21. The minimum absolute atomic E-state index is 0.415. The van der Waals surface area contributed by atoms with Crippen LogP contribution >= 0.6 is 0 Å². The van der Waals surface area contributed by atoms with Crippen LogP contribution in [0.3, 0.4) is 0 Å². The molecule has 0 atom stereocenters.